The summed E-state index contributed by atoms with van der Waals surface area (Å²) >= 11 is 0. The third-order valence-electron chi connectivity index (χ3n) is 3.73. The molecule has 2 nitrogen and oxygen atoms in total. The quantitative estimate of drug-likeness (QED) is 0.800. The second kappa shape index (κ2) is 6.05. The minimum atomic E-state index is 0.00679. The number of carbonyl (C=O) groups excluding carboxylic acids is 1. The van der Waals surface area contributed by atoms with Crippen molar-refractivity contribution in [1.29, 1.82) is 0 Å². The van der Waals surface area contributed by atoms with Gasteiger partial charge in [0.15, 0.2) is 0 Å². The topological polar surface area (TPSA) is 29.1 Å². The van der Waals surface area contributed by atoms with Crippen LogP contribution in [0.4, 0.5) is 0 Å². The first-order valence-electron chi connectivity index (χ1n) is 7.15. The average Bonchev–Trinajstić information content (AvgIpc) is 3.21. The van der Waals surface area contributed by atoms with Gasteiger partial charge >= 0.3 is 0 Å². The van der Waals surface area contributed by atoms with Gasteiger partial charge in [-0.05, 0) is 48.8 Å². The Morgan fingerprint density at radius 2 is 1.84 bits per heavy atom. The van der Waals surface area contributed by atoms with Crippen LogP contribution in [0.1, 0.15) is 50.7 Å². The molecule has 1 aromatic carbocycles. The summed E-state index contributed by atoms with van der Waals surface area (Å²) in [5.41, 5.74) is 2.39. The Balaban J connectivity index is 1.88. The highest BCUT2D eigenvalue weighted by molar-refractivity contribution is 5.91. The molecule has 0 bridgehead atoms. The fraction of sp³-hybridized carbons (Fsp3) is 0.471. The third-order valence-corrected chi connectivity index (χ3v) is 3.73. The van der Waals surface area contributed by atoms with Crippen molar-refractivity contribution >= 4 is 12.0 Å². The smallest absolute Gasteiger partial charge is 0.244 e. The van der Waals surface area contributed by atoms with E-state index in [0.29, 0.717) is 17.9 Å². The Morgan fingerprint density at radius 3 is 2.37 bits per heavy atom. The van der Waals surface area contributed by atoms with Crippen molar-refractivity contribution in [1.82, 2.24) is 5.32 Å². The maximum Gasteiger partial charge on any atom is 0.244 e. The largest absolute Gasteiger partial charge is 0.350 e. The Bertz CT molecular complexity index is 455. The summed E-state index contributed by atoms with van der Waals surface area (Å²) in [5.74, 6) is 1.25. The third kappa shape index (κ3) is 4.23. The lowest BCUT2D eigenvalue weighted by Gasteiger charge is -2.10. The molecular weight excluding hydrogens is 234 g/mol. The first-order valence-corrected chi connectivity index (χ1v) is 7.15. The minimum absolute atomic E-state index is 0.00679. The van der Waals surface area contributed by atoms with E-state index in [1.165, 1.54) is 18.4 Å². The molecular formula is C17H23NO. The van der Waals surface area contributed by atoms with E-state index in [2.05, 4.69) is 50.4 Å². The summed E-state index contributed by atoms with van der Waals surface area (Å²) in [6.45, 7) is 6.44. The van der Waals surface area contributed by atoms with E-state index >= 15 is 0 Å². The molecule has 2 rings (SSSR count). The van der Waals surface area contributed by atoms with Gasteiger partial charge in [0.1, 0.15) is 0 Å². The van der Waals surface area contributed by atoms with E-state index < -0.39 is 0 Å². The summed E-state index contributed by atoms with van der Waals surface area (Å²) in [4.78, 5) is 11.7. The molecule has 1 saturated carbocycles. The van der Waals surface area contributed by atoms with Crippen LogP contribution in [0.3, 0.4) is 0 Å². The van der Waals surface area contributed by atoms with Crippen LogP contribution >= 0.6 is 0 Å². The van der Waals surface area contributed by atoms with Crippen LogP contribution < -0.4 is 5.32 Å². The number of hydrogen-bond acceptors (Lipinski definition) is 1. The maximum absolute atomic E-state index is 11.7. The Labute approximate surface area is 115 Å². The van der Waals surface area contributed by atoms with Crippen LogP contribution in [0.2, 0.25) is 0 Å². The zero-order valence-electron chi connectivity index (χ0n) is 12.0. The molecule has 1 atom stereocenters. The molecule has 0 saturated heterocycles. The van der Waals surface area contributed by atoms with Crippen molar-refractivity contribution in [3.05, 3.63) is 41.5 Å². The van der Waals surface area contributed by atoms with Crippen LogP contribution in [0, 0.1) is 5.92 Å². The van der Waals surface area contributed by atoms with Gasteiger partial charge in [-0.15, -0.1) is 0 Å². The van der Waals surface area contributed by atoms with Crippen molar-refractivity contribution in [3.63, 3.8) is 0 Å². The number of hydrogen-bond donors (Lipinski definition) is 1. The highest BCUT2D eigenvalue weighted by Crippen LogP contribution is 2.32. The van der Waals surface area contributed by atoms with Gasteiger partial charge in [-0.25, -0.2) is 0 Å². The molecule has 0 aromatic heterocycles. The first-order chi connectivity index (χ1) is 9.06. The molecule has 1 fully saturated rings. The predicted octanol–water partition coefficient (Wildman–Crippen LogP) is 3.74. The highest BCUT2D eigenvalue weighted by Gasteiger charge is 2.28. The Hall–Kier alpha value is -1.57. The number of amides is 1. The standard InChI is InChI=1S/C17H23NO/c1-12(2)15-7-4-14(5-8-15)6-11-17(19)18-13(3)16-9-10-16/h4-8,11-13,16H,9-10H2,1-3H3,(H,18,19)/b11-6+. The van der Waals surface area contributed by atoms with Gasteiger partial charge < -0.3 is 5.32 Å². The van der Waals surface area contributed by atoms with E-state index in [1.807, 2.05) is 6.08 Å². The zero-order chi connectivity index (χ0) is 13.8. The molecule has 1 aromatic rings. The second-order valence-electron chi connectivity index (χ2n) is 5.79. The van der Waals surface area contributed by atoms with E-state index in [1.54, 1.807) is 6.08 Å². The zero-order valence-corrected chi connectivity index (χ0v) is 12.0. The Morgan fingerprint density at radius 1 is 1.21 bits per heavy atom. The molecule has 0 heterocycles. The molecule has 0 aliphatic heterocycles. The lowest BCUT2D eigenvalue weighted by molar-refractivity contribution is -0.117. The van der Waals surface area contributed by atoms with E-state index in [-0.39, 0.29) is 5.91 Å². The SMILES string of the molecule is CC(C)c1ccc(/C=C/C(=O)NC(C)C2CC2)cc1. The lowest BCUT2D eigenvalue weighted by Crippen LogP contribution is -2.32. The summed E-state index contributed by atoms with van der Waals surface area (Å²) in [5, 5.41) is 3.02. The van der Waals surface area contributed by atoms with Crippen molar-refractivity contribution in [3.8, 4) is 0 Å². The van der Waals surface area contributed by atoms with Crippen LogP contribution in [0.15, 0.2) is 30.3 Å². The highest BCUT2D eigenvalue weighted by atomic mass is 16.1. The molecule has 1 amide bonds. The van der Waals surface area contributed by atoms with Crippen molar-refractivity contribution in [2.45, 2.75) is 45.6 Å². The number of rotatable bonds is 5. The average molecular weight is 257 g/mol. The van der Waals surface area contributed by atoms with E-state index in [0.717, 1.165) is 5.56 Å². The van der Waals surface area contributed by atoms with Gasteiger partial charge in [0.2, 0.25) is 5.91 Å². The maximum atomic E-state index is 11.7. The van der Waals surface area contributed by atoms with Gasteiger partial charge in [-0.3, -0.25) is 4.79 Å². The van der Waals surface area contributed by atoms with Crippen molar-refractivity contribution < 1.29 is 4.79 Å². The fourth-order valence-electron chi connectivity index (χ4n) is 2.15. The molecule has 0 spiro atoms. The number of benzene rings is 1. The number of nitrogens with one attached hydrogen (secondary N) is 1. The normalized spacial score (nSPS) is 16.8. The molecule has 0 radical (unpaired) electrons. The second-order valence-corrected chi connectivity index (χ2v) is 5.79. The summed E-state index contributed by atoms with van der Waals surface area (Å²) in [6.07, 6.45) is 6.01. The number of carbonyl (C=O) groups is 1. The summed E-state index contributed by atoms with van der Waals surface area (Å²) < 4.78 is 0. The summed E-state index contributed by atoms with van der Waals surface area (Å²) in [7, 11) is 0. The van der Waals surface area contributed by atoms with Gasteiger partial charge in [0, 0.05) is 12.1 Å². The molecule has 1 aliphatic carbocycles. The molecule has 1 unspecified atom stereocenters. The minimum Gasteiger partial charge on any atom is -0.350 e. The van der Waals surface area contributed by atoms with Gasteiger partial charge in [-0.1, -0.05) is 38.1 Å². The molecule has 1 N–H and O–H groups in total. The van der Waals surface area contributed by atoms with Crippen molar-refractivity contribution in [2.24, 2.45) is 5.92 Å². The molecule has 1 aliphatic rings. The van der Waals surface area contributed by atoms with Gasteiger partial charge in [0.05, 0.1) is 0 Å². The summed E-state index contributed by atoms with van der Waals surface area (Å²) in [6, 6.07) is 8.66. The lowest BCUT2D eigenvalue weighted by atomic mass is 10.0. The van der Waals surface area contributed by atoms with Crippen molar-refractivity contribution in [2.75, 3.05) is 0 Å². The molecule has 19 heavy (non-hydrogen) atoms. The van der Waals surface area contributed by atoms with E-state index in [9.17, 15) is 4.79 Å². The fourth-order valence-corrected chi connectivity index (χ4v) is 2.15. The monoisotopic (exact) mass is 257 g/mol. The van der Waals surface area contributed by atoms with Gasteiger partial charge in [0.25, 0.3) is 0 Å². The van der Waals surface area contributed by atoms with Gasteiger partial charge in [-0.2, -0.15) is 0 Å². The van der Waals surface area contributed by atoms with Crippen LogP contribution in [0.25, 0.3) is 6.08 Å². The predicted molar refractivity (Wildman–Crippen MR) is 79.9 cm³/mol. The van der Waals surface area contributed by atoms with Crippen LogP contribution in [-0.2, 0) is 4.79 Å². The molecule has 102 valence electrons. The first kappa shape index (κ1) is 13.9. The van der Waals surface area contributed by atoms with Crippen LogP contribution in [0.5, 0.6) is 0 Å². The Kier molecular flexibility index (Phi) is 4.41. The van der Waals surface area contributed by atoms with Crippen LogP contribution in [-0.4, -0.2) is 11.9 Å². The van der Waals surface area contributed by atoms with E-state index in [4.69, 9.17) is 0 Å². The molecule has 2 heteroatoms.